The number of rotatable bonds is 5. The Morgan fingerprint density at radius 1 is 1.20 bits per heavy atom. The number of hydrogen-bond donors (Lipinski definition) is 1. The van der Waals surface area contributed by atoms with E-state index in [0.29, 0.717) is 22.5 Å². The van der Waals surface area contributed by atoms with Gasteiger partial charge < -0.3 is 0 Å². The fraction of sp³-hybridized carbons (Fsp3) is 0.176. The lowest BCUT2D eigenvalue weighted by atomic mass is 10.1. The van der Waals surface area contributed by atoms with Gasteiger partial charge in [-0.25, -0.2) is 8.42 Å². The number of benzene rings is 2. The highest BCUT2D eigenvalue weighted by Gasteiger charge is 2.17. The topological polar surface area (TPSA) is 85.2 Å². The molecule has 0 fully saturated rings. The van der Waals surface area contributed by atoms with Crippen LogP contribution in [0.1, 0.15) is 24.2 Å². The van der Waals surface area contributed by atoms with Crippen molar-refractivity contribution in [3.63, 3.8) is 0 Å². The summed E-state index contributed by atoms with van der Waals surface area (Å²) < 4.78 is 29.9. The van der Waals surface area contributed by atoms with E-state index in [-0.39, 0.29) is 15.6 Å². The maximum absolute atomic E-state index is 12.6. The highest BCUT2D eigenvalue weighted by atomic mass is 32.2. The van der Waals surface area contributed by atoms with Gasteiger partial charge in [0.1, 0.15) is 0 Å². The second-order valence-corrected chi connectivity index (χ2v) is 8.16. The zero-order valence-electron chi connectivity index (χ0n) is 13.6. The van der Waals surface area contributed by atoms with Crippen LogP contribution in [0.15, 0.2) is 52.2 Å². The molecule has 1 heterocycles. The van der Waals surface area contributed by atoms with Gasteiger partial charge in [0.25, 0.3) is 10.0 Å². The van der Waals surface area contributed by atoms with Crippen molar-refractivity contribution in [2.24, 2.45) is 0 Å². The van der Waals surface area contributed by atoms with E-state index in [4.69, 9.17) is 0 Å². The summed E-state index contributed by atoms with van der Waals surface area (Å²) in [6, 6.07) is 10.9. The first-order valence-corrected chi connectivity index (χ1v) is 9.89. The van der Waals surface area contributed by atoms with Crippen LogP contribution in [-0.2, 0) is 16.6 Å². The Labute approximate surface area is 148 Å². The minimum absolute atomic E-state index is 0.0673. The average molecular weight is 376 g/mol. The third kappa shape index (κ3) is 3.35. The van der Waals surface area contributed by atoms with Crippen LogP contribution in [0.25, 0.3) is 10.2 Å². The van der Waals surface area contributed by atoms with Gasteiger partial charge in [0, 0.05) is 17.8 Å². The highest BCUT2D eigenvalue weighted by molar-refractivity contribution is 7.92. The number of anilines is 1. The first-order chi connectivity index (χ1) is 11.8. The van der Waals surface area contributed by atoms with Crippen LogP contribution < -0.4 is 9.60 Å². The van der Waals surface area contributed by atoms with Gasteiger partial charge in [0.05, 0.1) is 15.1 Å². The lowest BCUT2D eigenvalue weighted by Gasteiger charge is -2.09. The van der Waals surface area contributed by atoms with Gasteiger partial charge in [0.2, 0.25) is 0 Å². The molecule has 0 aliphatic carbocycles. The summed E-state index contributed by atoms with van der Waals surface area (Å²) in [6.45, 7) is 3.81. The van der Waals surface area contributed by atoms with Crippen LogP contribution in [-0.4, -0.2) is 18.8 Å². The molecule has 0 amide bonds. The molecule has 6 nitrogen and oxygen atoms in total. The number of carbonyl (C=O) groups excluding carboxylic acids is 1. The summed E-state index contributed by atoms with van der Waals surface area (Å²) in [4.78, 5) is 23.3. The summed E-state index contributed by atoms with van der Waals surface area (Å²) in [5, 5.41) is 0. The highest BCUT2D eigenvalue weighted by Crippen LogP contribution is 2.24. The van der Waals surface area contributed by atoms with Crippen LogP contribution in [0, 0.1) is 0 Å². The lowest BCUT2D eigenvalue weighted by Crippen LogP contribution is -2.13. The molecular formula is C17H16N2O4S2. The Hall–Kier alpha value is -2.45. The zero-order chi connectivity index (χ0) is 18.2. The van der Waals surface area contributed by atoms with Crippen LogP contribution in [0.3, 0.4) is 0 Å². The Morgan fingerprint density at radius 2 is 1.96 bits per heavy atom. The van der Waals surface area contributed by atoms with Gasteiger partial charge in [-0.05, 0) is 44.2 Å². The van der Waals surface area contributed by atoms with E-state index < -0.39 is 10.0 Å². The molecule has 25 heavy (non-hydrogen) atoms. The second kappa shape index (κ2) is 6.45. The zero-order valence-corrected chi connectivity index (χ0v) is 15.3. The molecule has 3 aromatic rings. The van der Waals surface area contributed by atoms with E-state index in [2.05, 4.69) is 4.72 Å². The minimum Gasteiger partial charge on any atom is -0.299 e. The predicted molar refractivity (Wildman–Crippen MR) is 99.0 cm³/mol. The molecule has 0 aliphatic heterocycles. The SMILES string of the molecule is CCn1c(=O)sc2cc(S(=O)(=O)Nc3cccc(C(C)=O)c3)ccc21. The molecule has 0 spiro atoms. The molecule has 0 saturated carbocycles. The summed E-state index contributed by atoms with van der Waals surface area (Å²) in [5.41, 5.74) is 1.45. The van der Waals surface area contributed by atoms with Crippen LogP contribution in [0.5, 0.6) is 0 Å². The van der Waals surface area contributed by atoms with E-state index >= 15 is 0 Å². The number of thiazole rings is 1. The Morgan fingerprint density at radius 3 is 2.64 bits per heavy atom. The van der Waals surface area contributed by atoms with Crippen molar-refractivity contribution in [3.05, 3.63) is 57.7 Å². The third-order valence-corrected chi connectivity index (χ3v) is 6.11. The van der Waals surface area contributed by atoms with Crippen molar-refractivity contribution in [1.82, 2.24) is 4.57 Å². The summed E-state index contributed by atoms with van der Waals surface area (Å²) in [6.07, 6.45) is 0. The molecule has 1 N–H and O–H groups in total. The van der Waals surface area contributed by atoms with Gasteiger partial charge in [-0.1, -0.05) is 23.5 Å². The maximum atomic E-state index is 12.6. The summed E-state index contributed by atoms with van der Waals surface area (Å²) >= 11 is 1.02. The largest absolute Gasteiger partial charge is 0.308 e. The van der Waals surface area contributed by atoms with Crippen LogP contribution in [0.4, 0.5) is 5.69 Å². The summed E-state index contributed by atoms with van der Waals surface area (Å²) in [5.74, 6) is -0.145. The van der Waals surface area contributed by atoms with Gasteiger partial charge >= 0.3 is 4.87 Å². The molecular weight excluding hydrogens is 360 g/mol. The molecule has 8 heteroatoms. The van der Waals surface area contributed by atoms with Crippen molar-refractivity contribution in [1.29, 1.82) is 0 Å². The van der Waals surface area contributed by atoms with E-state index in [1.807, 2.05) is 6.92 Å². The lowest BCUT2D eigenvalue weighted by molar-refractivity contribution is 0.101. The predicted octanol–water partition coefficient (Wildman–Crippen LogP) is 3.09. The minimum atomic E-state index is -3.82. The molecule has 0 unspecified atom stereocenters. The normalized spacial score (nSPS) is 11.6. The van der Waals surface area contributed by atoms with Crippen molar-refractivity contribution in [2.45, 2.75) is 25.3 Å². The molecule has 2 aromatic carbocycles. The van der Waals surface area contributed by atoms with Crippen molar-refractivity contribution >= 4 is 43.0 Å². The first-order valence-electron chi connectivity index (χ1n) is 7.59. The van der Waals surface area contributed by atoms with E-state index in [9.17, 15) is 18.0 Å². The van der Waals surface area contributed by atoms with Crippen molar-refractivity contribution in [2.75, 3.05) is 4.72 Å². The Kier molecular flexibility index (Phi) is 4.49. The third-order valence-electron chi connectivity index (χ3n) is 3.79. The molecule has 130 valence electrons. The number of fused-ring (bicyclic) bond motifs is 1. The molecule has 0 aliphatic rings. The number of Topliss-reactive ketones (excluding diaryl/α,β-unsaturated/α-hetero) is 1. The number of hydrogen-bond acceptors (Lipinski definition) is 5. The number of nitrogens with zero attached hydrogens (tertiary/aromatic N) is 1. The van der Waals surface area contributed by atoms with Crippen LogP contribution >= 0.6 is 11.3 Å². The van der Waals surface area contributed by atoms with Gasteiger partial charge in [-0.15, -0.1) is 0 Å². The molecule has 0 atom stereocenters. The van der Waals surface area contributed by atoms with E-state index in [0.717, 1.165) is 16.9 Å². The molecule has 0 saturated heterocycles. The van der Waals surface area contributed by atoms with Gasteiger partial charge in [-0.3, -0.25) is 18.9 Å². The fourth-order valence-corrected chi connectivity index (χ4v) is 4.67. The van der Waals surface area contributed by atoms with Gasteiger partial charge in [-0.2, -0.15) is 0 Å². The average Bonchev–Trinajstić information content (AvgIpc) is 2.88. The molecule has 3 rings (SSSR count). The summed E-state index contributed by atoms with van der Waals surface area (Å²) in [7, 11) is -3.82. The standard InChI is InChI=1S/C17H16N2O4S2/c1-3-19-15-8-7-14(10-16(15)24-17(19)21)25(22,23)18-13-6-4-5-12(9-13)11(2)20/h4-10,18H,3H2,1-2H3. The maximum Gasteiger partial charge on any atom is 0.308 e. The molecule has 1 aromatic heterocycles. The molecule has 0 bridgehead atoms. The first kappa shape index (κ1) is 17.4. The van der Waals surface area contributed by atoms with E-state index in [1.54, 1.807) is 28.8 Å². The number of nitrogens with one attached hydrogen (secondary N) is 1. The quantitative estimate of drug-likeness (QED) is 0.694. The van der Waals surface area contributed by atoms with Gasteiger partial charge in [0.15, 0.2) is 5.78 Å². The number of aromatic nitrogens is 1. The Balaban J connectivity index is 2.00. The Bertz CT molecular complexity index is 1130. The number of sulfonamides is 1. The van der Waals surface area contributed by atoms with Crippen LogP contribution in [0.2, 0.25) is 0 Å². The van der Waals surface area contributed by atoms with E-state index in [1.165, 1.54) is 25.1 Å². The molecule has 0 radical (unpaired) electrons. The second-order valence-electron chi connectivity index (χ2n) is 5.48. The smallest absolute Gasteiger partial charge is 0.299 e. The van der Waals surface area contributed by atoms with Crippen molar-refractivity contribution in [3.8, 4) is 0 Å². The van der Waals surface area contributed by atoms with Crippen molar-refractivity contribution < 1.29 is 13.2 Å². The number of ketones is 1. The fourth-order valence-electron chi connectivity index (χ4n) is 2.53. The number of carbonyl (C=O) groups is 1. The monoisotopic (exact) mass is 376 g/mol. The number of aryl methyl sites for hydroxylation is 1.